The van der Waals surface area contributed by atoms with Crippen molar-refractivity contribution < 1.29 is 9.53 Å². The number of anilines is 1. The minimum Gasteiger partial charge on any atom is -0.492 e. The first-order valence-electron chi connectivity index (χ1n) is 12.2. The Bertz CT molecular complexity index is 813. The molecule has 2 aliphatic heterocycles. The minimum absolute atomic E-state index is 0.338. The molecule has 2 heterocycles. The van der Waals surface area contributed by atoms with Crippen molar-refractivity contribution in [3.8, 4) is 5.75 Å². The van der Waals surface area contributed by atoms with Crippen LogP contribution in [-0.4, -0.2) is 67.6 Å². The van der Waals surface area contributed by atoms with Crippen molar-refractivity contribution in [2.45, 2.75) is 38.6 Å². The Hall–Kier alpha value is -2.53. The van der Waals surface area contributed by atoms with E-state index >= 15 is 0 Å². The molecule has 0 bridgehead atoms. The fourth-order valence-corrected chi connectivity index (χ4v) is 4.86. The lowest BCUT2D eigenvalue weighted by Crippen LogP contribution is -2.49. The molecule has 0 aromatic heterocycles. The van der Waals surface area contributed by atoms with Gasteiger partial charge in [-0.15, -0.1) is 0 Å². The van der Waals surface area contributed by atoms with Gasteiger partial charge in [-0.3, -0.25) is 9.69 Å². The summed E-state index contributed by atoms with van der Waals surface area (Å²) in [5.41, 5.74) is 1.26. The molecule has 2 aliphatic rings. The lowest BCUT2D eigenvalue weighted by molar-refractivity contribution is -0.131. The second kappa shape index (κ2) is 11.4. The van der Waals surface area contributed by atoms with Crippen LogP contribution >= 0.6 is 0 Å². The standard InChI is InChI=1S/C27H37N3O2/c1-23(22-32-26-10-6-3-7-11-26)28-16-14-24(15-17-28)12-13-27(31)30-20-18-29(19-21-30)25-8-4-2-5-9-25/h2-11,23-24H,12-22H2,1H3/t23-/m1/s1. The van der Waals surface area contributed by atoms with Crippen LogP contribution in [0, 0.1) is 5.92 Å². The van der Waals surface area contributed by atoms with Gasteiger partial charge < -0.3 is 14.5 Å². The van der Waals surface area contributed by atoms with Crippen LogP contribution in [0.2, 0.25) is 0 Å². The van der Waals surface area contributed by atoms with Gasteiger partial charge in [-0.05, 0) is 69.5 Å². The van der Waals surface area contributed by atoms with Gasteiger partial charge in [0, 0.05) is 44.3 Å². The van der Waals surface area contributed by atoms with Crippen LogP contribution in [0.4, 0.5) is 5.69 Å². The summed E-state index contributed by atoms with van der Waals surface area (Å²) in [5, 5.41) is 0. The third-order valence-corrected chi connectivity index (χ3v) is 7.03. The molecule has 0 unspecified atom stereocenters. The summed E-state index contributed by atoms with van der Waals surface area (Å²) >= 11 is 0. The van der Waals surface area contributed by atoms with Gasteiger partial charge in [-0.1, -0.05) is 36.4 Å². The summed E-state index contributed by atoms with van der Waals surface area (Å²) in [6.45, 7) is 8.72. The Labute approximate surface area is 193 Å². The highest BCUT2D eigenvalue weighted by Crippen LogP contribution is 2.24. The third-order valence-electron chi connectivity index (χ3n) is 7.03. The van der Waals surface area contributed by atoms with E-state index in [1.165, 1.54) is 18.5 Å². The minimum atomic E-state index is 0.338. The zero-order valence-corrected chi connectivity index (χ0v) is 19.4. The van der Waals surface area contributed by atoms with Crippen molar-refractivity contribution in [1.29, 1.82) is 0 Å². The topological polar surface area (TPSA) is 36.0 Å². The molecule has 172 valence electrons. The van der Waals surface area contributed by atoms with E-state index in [0.717, 1.165) is 58.0 Å². The predicted octanol–water partition coefficient (Wildman–Crippen LogP) is 4.29. The number of carbonyl (C=O) groups excluding carboxylic acids is 1. The fourth-order valence-electron chi connectivity index (χ4n) is 4.86. The van der Waals surface area contributed by atoms with Gasteiger partial charge in [0.2, 0.25) is 5.91 Å². The normalized spacial score (nSPS) is 19.0. The maximum absolute atomic E-state index is 12.8. The second-order valence-corrected chi connectivity index (χ2v) is 9.19. The van der Waals surface area contributed by atoms with Gasteiger partial charge in [0.15, 0.2) is 0 Å². The monoisotopic (exact) mass is 435 g/mol. The van der Waals surface area contributed by atoms with Gasteiger partial charge in [0.05, 0.1) is 0 Å². The zero-order valence-electron chi connectivity index (χ0n) is 19.4. The number of amides is 1. The van der Waals surface area contributed by atoms with Gasteiger partial charge in [-0.2, -0.15) is 0 Å². The van der Waals surface area contributed by atoms with Crippen LogP contribution in [0.1, 0.15) is 32.6 Å². The number of hydrogen-bond acceptors (Lipinski definition) is 4. The largest absolute Gasteiger partial charge is 0.492 e. The summed E-state index contributed by atoms with van der Waals surface area (Å²) in [5.74, 6) is 1.95. The molecule has 2 fully saturated rings. The maximum atomic E-state index is 12.8. The molecule has 1 amide bonds. The molecule has 1 atom stereocenters. The van der Waals surface area contributed by atoms with Crippen LogP contribution in [0.5, 0.6) is 5.75 Å². The molecule has 5 nitrogen and oxygen atoms in total. The number of piperidine rings is 1. The number of piperazine rings is 1. The number of ether oxygens (including phenoxy) is 1. The highest BCUT2D eigenvalue weighted by atomic mass is 16.5. The van der Waals surface area contributed by atoms with Crippen LogP contribution in [0.15, 0.2) is 60.7 Å². The number of benzene rings is 2. The van der Waals surface area contributed by atoms with Crippen LogP contribution < -0.4 is 9.64 Å². The summed E-state index contributed by atoms with van der Waals surface area (Å²) < 4.78 is 5.93. The summed E-state index contributed by atoms with van der Waals surface area (Å²) in [4.78, 5) is 19.7. The molecule has 2 aromatic rings. The SMILES string of the molecule is C[C@H](COc1ccccc1)N1CCC(CCC(=O)N2CCN(c3ccccc3)CC2)CC1. The van der Waals surface area contributed by atoms with Crippen molar-refractivity contribution >= 4 is 11.6 Å². The number of carbonyl (C=O) groups is 1. The van der Waals surface area contributed by atoms with Gasteiger partial charge in [0.25, 0.3) is 0 Å². The zero-order chi connectivity index (χ0) is 22.2. The van der Waals surface area contributed by atoms with E-state index < -0.39 is 0 Å². The van der Waals surface area contributed by atoms with Gasteiger partial charge >= 0.3 is 0 Å². The molecule has 0 saturated carbocycles. The van der Waals surface area contributed by atoms with Crippen molar-refractivity contribution in [3.63, 3.8) is 0 Å². The Morgan fingerprint density at radius 2 is 1.53 bits per heavy atom. The van der Waals surface area contributed by atoms with E-state index in [-0.39, 0.29) is 0 Å². The molecule has 32 heavy (non-hydrogen) atoms. The Balaban J connectivity index is 1.12. The molecule has 0 spiro atoms. The smallest absolute Gasteiger partial charge is 0.222 e. The first kappa shape index (κ1) is 22.7. The van der Waals surface area contributed by atoms with Crippen molar-refractivity contribution in [2.24, 2.45) is 5.92 Å². The molecule has 5 heteroatoms. The summed E-state index contributed by atoms with van der Waals surface area (Å²) in [6, 6.07) is 21.0. The van der Waals surface area contributed by atoms with Gasteiger partial charge in [0.1, 0.15) is 12.4 Å². The summed E-state index contributed by atoms with van der Waals surface area (Å²) in [7, 11) is 0. The lowest BCUT2D eigenvalue weighted by atomic mass is 9.91. The average molecular weight is 436 g/mol. The van der Waals surface area contributed by atoms with Crippen LogP contribution in [-0.2, 0) is 4.79 Å². The molecule has 2 aromatic carbocycles. The molecule has 0 aliphatic carbocycles. The van der Waals surface area contributed by atoms with E-state index in [9.17, 15) is 4.79 Å². The van der Waals surface area contributed by atoms with Gasteiger partial charge in [-0.25, -0.2) is 0 Å². The molecule has 4 rings (SSSR count). The molecule has 0 N–H and O–H groups in total. The average Bonchev–Trinajstić information content (AvgIpc) is 2.87. The number of hydrogen-bond donors (Lipinski definition) is 0. The first-order chi connectivity index (χ1) is 15.7. The fraction of sp³-hybridized carbons (Fsp3) is 0.519. The maximum Gasteiger partial charge on any atom is 0.222 e. The number of rotatable bonds is 8. The first-order valence-corrected chi connectivity index (χ1v) is 12.2. The highest BCUT2D eigenvalue weighted by molar-refractivity contribution is 5.76. The Kier molecular flexibility index (Phi) is 8.05. The van der Waals surface area contributed by atoms with Crippen LogP contribution in [0.25, 0.3) is 0 Å². The lowest BCUT2D eigenvalue weighted by Gasteiger charge is -2.37. The molecule has 2 saturated heterocycles. The van der Waals surface area contributed by atoms with E-state index in [4.69, 9.17) is 4.74 Å². The number of para-hydroxylation sites is 2. The number of nitrogens with zero attached hydrogens (tertiary/aromatic N) is 3. The highest BCUT2D eigenvalue weighted by Gasteiger charge is 2.25. The van der Waals surface area contributed by atoms with Crippen molar-refractivity contribution in [1.82, 2.24) is 9.80 Å². The summed E-state index contributed by atoms with van der Waals surface area (Å²) in [6.07, 6.45) is 4.10. The second-order valence-electron chi connectivity index (χ2n) is 9.19. The number of likely N-dealkylation sites (tertiary alicyclic amines) is 1. The van der Waals surface area contributed by atoms with E-state index in [1.54, 1.807) is 0 Å². The van der Waals surface area contributed by atoms with Crippen molar-refractivity contribution in [2.75, 3.05) is 50.8 Å². The van der Waals surface area contributed by atoms with Crippen LogP contribution in [0.3, 0.4) is 0 Å². The quantitative estimate of drug-likeness (QED) is 0.620. The Morgan fingerprint density at radius 1 is 0.906 bits per heavy atom. The third kappa shape index (κ3) is 6.26. The Morgan fingerprint density at radius 3 is 2.19 bits per heavy atom. The van der Waals surface area contributed by atoms with E-state index in [0.29, 0.717) is 24.3 Å². The van der Waals surface area contributed by atoms with Crippen molar-refractivity contribution in [3.05, 3.63) is 60.7 Å². The van der Waals surface area contributed by atoms with E-state index in [1.807, 2.05) is 36.4 Å². The van der Waals surface area contributed by atoms with E-state index in [2.05, 4.69) is 45.9 Å². The predicted molar refractivity (Wildman–Crippen MR) is 130 cm³/mol. The molecular weight excluding hydrogens is 398 g/mol. The molecule has 0 radical (unpaired) electrons. The molecular formula is C27H37N3O2.